The van der Waals surface area contributed by atoms with Crippen LogP contribution >= 0.6 is 24.8 Å². The fourth-order valence-electron chi connectivity index (χ4n) is 0.832. The number of rotatable bonds is 12. The third-order valence-electron chi connectivity index (χ3n) is 1.57. The molecule has 0 atom stereocenters. The Bertz CT molecular complexity index is 251. The molecule has 0 fully saturated rings. The van der Waals surface area contributed by atoms with Gasteiger partial charge in [0.05, 0.1) is 39.6 Å². The average molecular weight is 441 g/mol. The molecule has 0 aliphatic carbocycles. The van der Waals surface area contributed by atoms with Crippen molar-refractivity contribution in [1.29, 1.82) is 0 Å². The lowest BCUT2D eigenvalue weighted by Crippen LogP contribution is -1.81. The SMILES string of the molecule is CCO[PH](=O)OCC.CCO[PH](=O)OCC.CCO[PH](=O)OCC.[Al]. The highest BCUT2D eigenvalue weighted by Crippen LogP contribution is 2.23. The molecule has 0 aromatic rings. The van der Waals surface area contributed by atoms with Crippen LogP contribution in [0.1, 0.15) is 41.5 Å². The van der Waals surface area contributed by atoms with E-state index in [4.69, 9.17) is 0 Å². The predicted molar refractivity (Wildman–Crippen MR) is 103 cm³/mol. The quantitative estimate of drug-likeness (QED) is 0.328. The molecule has 0 aromatic heterocycles. The van der Waals surface area contributed by atoms with Gasteiger partial charge in [0.2, 0.25) is 0 Å². The van der Waals surface area contributed by atoms with E-state index in [2.05, 4.69) is 27.1 Å². The van der Waals surface area contributed by atoms with E-state index >= 15 is 0 Å². The lowest BCUT2D eigenvalue weighted by Gasteiger charge is -1.97. The Balaban J connectivity index is -0.000000130. The van der Waals surface area contributed by atoms with E-state index in [9.17, 15) is 13.7 Å². The molecule has 0 aliphatic rings. The molecule has 0 heterocycles. The Hall–Kier alpha value is 0.982. The van der Waals surface area contributed by atoms with Crippen molar-refractivity contribution in [3.63, 3.8) is 0 Å². The molecular weight excluding hydrogens is 408 g/mol. The summed E-state index contributed by atoms with van der Waals surface area (Å²) in [5.74, 6) is 0. The smallest absolute Gasteiger partial charge is 0.311 e. The van der Waals surface area contributed by atoms with Gasteiger partial charge in [-0.3, -0.25) is 13.7 Å². The summed E-state index contributed by atoms with van der Waals surface area (Å²) in [4.78, 5) is 0. The van der Waals surface area contributed by atoms with E-state index in [-0.39, 0.29) is 17.4 Å². The predicted octanol–water partition coefficient (Wildman–Crippen LogP) is 3.97. The fourth-order valence-corrected chi connectivity index (χ4v) is 2.50. The monoisotopic (exact) mass is 441 g/mol. The zero-order chi connectivity index (χ0) is 19.2. The lowest BCUT2D eigenvalue weighted by atomic mass is 10.9. The first-order valence-electron chi connectivity index (χ1n) is 7.81. The average Bonchev–Trinajstić information content (AvgIpc) is 2.50. The first-order valence-corrected chi connectivity index (χ1v) is 11.5. The zero-order valence-electron chi connectivity index (χ0n) is 16.0. The van der Waals surface area contributed by atoms with E-state index in [1.165, 1.54) is 0 Å². The molecule has 0 rings (SSSR count). The van der Waals surface area contributed by atoms with Crippen LogP contribution in [0.15, 0.2) is 0 Å². The fraction of sp³-hybridized carbons (Fsp3) is 1.00. The van der Waals surface area contributed by atoms with Crippen LogP contribution in [-0.2, 0) is 40.8 Å². The molecule has 0 spiro atoms. The molecule has 3 radical (unpaired) electrons. The van der Waals surface area contributed by atoms with E-state index in [0.29, 0.717) is 39.6 Å². The van der Waals surface area contributed by atoms with Crippen LogP contribution < -0.4 is 0 Å². The lowest BCUT2D eigenvalue weighted by molar-refractivity contribution is 0.242. The standard InChI is InChI=1S/3C4H11O3P.Al/c3*1-3-6-8(5)7-4-2;/h3*8H,3-4H2,1-2H3;. The normalized spacial score (nSPS) is 9.96. The summed E-state index contributed by atoms with van der Waals surface area (Å²) >= 11 is 0. The van der Waals surface area contributed by atoms with Crippen molar-refractivity contribution < 1.29 is 40.8 Å². The van der Waals surface area contributed by atoms with E-state index in [1.54, 1.807) is 41.5 Å². The van der Waals surface area contributed by atoms with Crippen LogP contribution in [0.25, 0.3) is 0 Å². The van der Waals surface area contributed by atoms with Crippen molar-refractivity contribution in [2.75, 3.05) is 39.6 Å². The molecule has 9 nitrogen and oxygen atoms in total. The second kappa shape index (κ2) is 29.7. The highest BCUT2D eigenvalue weighted by molar-refractivity contribution is 7.33. The molecule has 0 saturated heterocycles. The summed E-state index contributed by atoms with van der Waals surface area (Å²) < 4.78 is 58.8. The van der Waals surface area contributed by atoms with E-state index in [1.807, 2.05) is 0 Å². The van der Waals surface area contributed by atoms with Gasteiger partial charge in [-0.2, -0.15) is 0 Å². The Kier molecular flexibility index (Phi) is 39.9. The summed E-state index contributed by atoms with van der Waals surface area (Å²) in [5.41, 5.74) is 0. The Morgan fingerprint density at radius 2 is 0.560 bits per heavy atom. The Labute approximate surface area is 164 Å². The molecule has 0 N–H and O–H groups in total. The molecule has 25 heavy (non-hydrogen) atoms. The molecular formula is C12H33AlO9P3. The highest BCUT2D eigenvalue weighted by Gasteiger charge is 1.92. The molecule has 0 aliphatic heterocycles. The van der Waals surface area contributed by atoms with Gasteiger partial charge in [0, 0.05) is 17.4 Å². The molecule has 153 valence electrons. The van der Waals surface area contributed by atoms with Crippen molar-refractivity contribution in [2.45, 2.75) is 41.5 Å². The Morgan fingerprint density at radius 1 is 0.440 bits per heavy atom. The van der Waals surface area contributed by atoms with Gasteiger partial charge in [-0.15, -0.1) is 0 Å². The van der Waals surface area contributed by atoms with Crippen molar-refractivity contribution in [3.8, 4) is 0 Å². The summed E-state index contributed by atoms with van der Waals surface area (Å²) in [6, 6.07) is 0. The van der Waals surface area contributed by atoms with Crippen molar-refractivity contribution in [1.82, 2.24) is 0 Å². The number of hydrogen-bond acceptors (Lipinski definition) is 9. The van der Waals surface area contributed by atoms with Gasteiger partial charge in [-0.1, -0.05) is 0 Å². The van der Waals surface area contributed by atoms with Crippen LogP contribution in [0, 0.1) is 0 Å². The molecule has 0 aromatic carbocycles. The van der Waals surface area contributed by atoms with Crippen LogP contribution in [0.5, 0.6) is 0 Å². The molecule has 0 saturated carbocycles. The first-order chi connectivity index (χ1) is 11.4. The third kappa shape index (κ3) is 36.6. The van der Waals surface area contributed by atoms with E-state index in [0.717, 1.165) is 0 Å². The second-order valence-electron chi connectivity index (χ2n) is 3.35. The minimum Gasteiger partial charge on any atom is -0.311 e. The van der Waals surface area contributed by atoms with Gasteiger partial charge < -0.3 is 27.1 Å². The molecule has 0 bridgehead atoms. The summed E-state index contributed by atoms with van der Waals surface area (Å²) in [6.45, 7) is 13.4. The zero-order valence-corrected chi connectivity index (χ0v) is 20.1. The van der Waals surface area contributed by atoms with Gasteiger partial charge in [-0.05, 0) is 41.5 Å². The summed E-state index contributed by atoms with van der Waals surface area (Å²) in [7, 11) is -6.42. The van der Waals surface area contributed by atoms with Crippen molar-refractivity contribution in [2.24, 2.45) is 0 Å². The second-order valence-corrected chi connectivity index (χ2v) is 6.58. The number of hydrogen-bond donors (Lipinski definition) is 0. The maximum absolute atomic E-state index is 10.4. The van der Waals surface area contributed by atoms with Crippen molar-refractivity contribution in [3.05, 3.63) is 0 Å². The third-order valence-corrected chi connectivity index (χ3v) is 4.72. The topological polar surface area (TPSA) is 107 Å². The maximum Gasteiger partial charge on any atom is 0.319 e. The van der Waals surface area contributed by atoms with E-state index < -0.39 is 24.8 Å². The summed E-state index contributed by atoms with van der Waals surface area (Å²) in [5, 5.41) is 0. The molecule has 0 amide bonds. The van der Waals surface area contributed by atoms with Crippen LogP contribution in [0.3, 0.4) is 0 Å². The van der Waals surface area contributed by atoms with Gasteiger partial charge in [0.1, 0.15) is 0 Å². The van der Waals surface area contributed by atoms with Gasteiger partial charge >= 0.3 is 24.8 Å². The van der Waals surface area contributed by atoms with Gasteiger partial charge in [-0.25, -0.2) is 0 Å². The van der Waals surface area contributed by atoms with Crippen LogP contribution in [-0.4, -0.2) is 57.0 Å². The summed E-state index contributed by atoms with van der Waals surface area (Å²) in [6.07, 6.45) is 0. The van der Waals surface area contributed by atoms with Crippen LogP contribution in [0.2, 0.25) is 0 Å². The van der Waals surface area contributed by atoms with Gasteiger partial charge in [0.15, 0.2) is 0 Å². The molecule has 13 heteroatoms. The Morgan fingerprint density at radius 3 is 0.640 bits per heavy atom. The maximum atomic E-state index is 10.4. The first kappa shape index (κ1) is 33.6. The van der Waals surface area contributed by atoms with Crippen LogP contribution in [0.4, 0.5) is 0 Å². The minimum absolute atomic E-state index is 0. The van der Waals surface area contributed by atoms with Gasteiger partial charge in [0.25, 0.3) is 0 Å². The van der Waals surface area contributed by atoms with Crippen molar-refractivity contribution >= 4 is 42.1 Å². The molecule has 0 unspecified atom stereocenters. The minimum atomic E-state index is -2.14. The highest BCUT2D eigenvalue weighted by atomic mass is 31.1. The largest absolute Gasteiger partial charge is 0.319 e.